The van der Waals surface area contributed by atoms with Gasteiger partial charge in [0, 0.05) is 5.56 Å². The average molecular weight is 238 g/mol. The molecule has 0 N–H and O–H groups in total. The first-order valence-corrected chi connectivity index (χ1v) is 6.63. The molecule has 0 fully saturated rings. The van der Waals surface area contributed by atoms with Crippen LogP contribution < -0.4 is 0 Å². The van der Waals surface area contributed by atoms with E-state index in [1.165, 1.54) is 24.0 Å². The fraction of sp³-hybridized carbons (Fsp3) is 0.333. The lowest BCUT2D eigenvalue weighted by atomic mass is 10.1. The molecule has 18 heavy (non-hydrogen) atoms. The smallest absolute Gasteiger partial charge is 0.0248 e. The molecule has 0 spiro atoms. The van der Waals surface area contributed by atoms with E-state index in [2.05, 4.69) is 38.3 Å². The summed E-state index contributed by atoms with van der Waals surface area (Å²) in [4.78, 5) is 0. The minimum atomic E-state index is 0.933. The van der Waals surface area contributed by atoms with Crippen LogP contribution in [0.15, 0.2) is 54.1 Å². The Hall–Kier alpha value is -1.74. The molecule has 0 saturated heterocycles. The highest BCUT2D eigenvalue weighted by Gasteiger charge is 1.93. The quantitative estimate of drug-likeness (QED) is 0.493. The molecule has 0 amide bonds. The van der Waals surface area contributed by atoms with Crippen molar-refractivity contribution in [3.8, 4) is 11.8 Å². The van der Waals surface area contributed by atoms with Gasteiger partial charge in [0.2, 0.25) is 0 Å². The van der Waals surface area contributed by atoms with Crippen molar-refractivity contribution < 1.29 is 0 Å². The molecule has 0 nitrogen and oxygen atoms in total. The van der Waals surface area contributed by atoms with E-state index in [0.29, 0.717) is 0 Å². The van der Waals surface area contributed by atoms with Crippen LogP contribution in [0.1, 0.15) is 45.1 Å². The summed E-state index contributed by atoms with van der Waals surface area (Å²) >= 11 is 0. The lowest BCUT2D eigenvalue weighted by Crippen LogP contribution is -1.82. The van der Waals surface area contributed by atoms with Crippen LogP contribution in [0.5, 0.6) is 0 Å². The molecule has 0 heterocycles. The molecule has 94 valence electrons. The van der Waals surface area contributed by atoms with Crippen LogP contribution in [0.3, 0.4) is 0 Å². The molecule has 0 aromatic heterocycles. The molecule has 0 aliphatic carbocycles. The second-order valence-electron chi connectivity index (χ2n) is 4.61. The maximum Gasteiger partial charge on any atom is 0.0248 e. The standard InChI is InChI=1S/C18H22/c1-4-5-9-18(13-12-16(2)3)15-14-17-10-7-6-8-11-17/h6-8,10-11,13H,2,4-5,9,12H2,1,3H3/b18-13-. The minimum absolute atomic E-state index is 0.933. The molecule has 0 radical (unpaired) electrons. The summed E-state index contributed by atoms with van der Waals surface area (Å²) in [5.74, 6) is 6.53. The Bertz CT molecular complexity index is 452. The van der Waals surface area contributed by atoms with Gasteiger partial charge in [-0.2, -0.15) is 0 Å². The minimum Gasteiger partial charge on any atom is -0.0998 e. The van der Waals surface area contributed by atoms with Gasteiger partial charge in [-0.15, -0.1) is 0 Å². The second-order valence-corrected chi connectivity index (χ2v) is 4.61. The molecular weight excluding hydrogens is 216 g/mol. The molecular formula is C18H22. The summed E-state index contributed by atoms with van der Waals surface area (Å²) in [5.41, 5.74) is 3.50. The number of hydrogen-bond donors (Lipinski definition) is 0. The van der Waals surface area contributed by atoms with E-state index < -0.39 is 0 Å². The van der Waals surface area contributed by atoms with Crippen molar-refractivity contribution in [3.05, 3.63) is 59.7 Å². The van der Waals surface area contributed by atoms with E-state index in [1.54, 1.807) is 0 Å². The Morgan fingerprint density at radius 2 is 2.00 bits per heavy atom. The summed E-state index contributed by atoms with van der Waals surface area (Å²) in [5, 5.41) is 0. The van der Waals surface area contributed by atoms with E-state index in [-0.39, 0.29) is 0 Å². The molecule has 0 atom stereocenters. The van der Waals surface area contributed by atoms with Crippen LogP contribution in [0.2, 0.25) is 0 Å². The number of unbranched alkanes of at least 4 members (excludes halogenated alkanes) is 1. The van der Waals surface area contributed by atoms with Crippen molar-refractivity contribution in [2.45, 2.75) is 39.5 Å². The number of allylic oxidation sites excluding steroid dienone is 3. The molecule has 1 rings (SSSR count). The molecule has 0 aliphatic heterocycles. The zero-order valence-electron chi connectivity index (χ0n) is 11.5. The van der Waals surface area contributed by atoms with Crippen molar-refractivity contribution in [1.29, 1.82) is 0 Å². The Kier molecular flexibility index (Phi) is 6.66. The molecule has 0 heteroatoms. The van der Waals surface area contributed by atoms with Crippen LogP contribution in [0, 0.1) is 11.8 Å². The van der Waals surface area contributed by atoms with Gasteiger partial charge in [0.25, 0.3) is 0 Å². The van der Waals surface area contributed by atoms with Gasteiger partial charge in [-0.1, -0.05) is 61.6 Å². The zero-order chi connectivity index (χ0) is 13.2. The first kappa shape index (κ1) is 14.3. The third-order valence-electron chi connectivity index (χ3n) is 2.64. The van der Waals surface area contributed by atoms with Crippen molar-refractivity contribution in [3.63, 3.8) is 0 Å². The Balaban J connectivity index is 2.75. The summed E-state index contributed by atoms with van der Waals surface area (Å²) in [6.07, 6.45) is 6.63. The summed E-state index contributed by atoms with van der Waals surface area (Å²) in [6, 6.07) is 10.1. The average Bonchev–Trinajstić information content (AvgIpc) is 2.39. The van der Waals surface area contributed by atoms with Crippen molar-refractivity contribution in [2.75, 3.05) is 0 Å². The first-order valence-electron chi connectivity index (χ1n) is 6.63. The SMILES string of the molecule is C=C(C)C/C=C(\C#Cc1ccccc1)CCCC. The fourth-order valence-corrected chi connectivity index (χ4v) is 1.55. The predicted octanol–water partition coefficient (Wildman–Crippen LogP) is 5.12. The maximum atomic E-state index is 3.93. The molecule has 0 saturated carbocycles. The molecule has 1 aromatic carbocycles. The van der Waals surface area contributed by atoms with Gasteiger partial charge in [0.05, 0.1) is 0 Å². The number of rotatable bonds is 5. The van der Waals surface area contributed by atoms with E-state index in [4.69, 9.17) is 0 Å². The lowest BCUT2D eigenvalue weighted by molar-refractivity contribution is 0.798. The van der Waals surface area contributed by atoms with Crippen molar-refractivity contribution in [2.24, 2.45) is 0 Å². The predicted molar refractivity (Wildman–Crippen MR) is 80.4 cm³/mol. The molecule has 0 unspecified atom stereocenters. The zero-order valence-corrected chi connectivity index (χ0v) is 11.5. The lowest BCUT2D eigenvalue weighted by Gasteiger charge is -1.99. The van der Waals surface area contributed by atoms with Crippen LogP contribution in [0.25, 0.3) is 0 Å². The fourth-order valence-electron chi connectivity index (χ4n) is 1.55. The van der Waals surface area contributed by atoms with E-state index in [0.717, 1.165) is 18.4 Å². The Morgan fingerprint density at radius 1 is 1.28 bits per heavy atom. The van der Waals surface area contributed by atoms with Crippen LogP contribution in [0.4, 0.5) is 0 Å². The summed E-state index contributed by atoms with van der Waals surface area (Å²) < 4.78 is 0. The Labute approximate surface area is 111 Å². The van der Waals surface area contributed by atoms with E-state index >= 15 is 0 Å². The largest absolute Gasteiger partial charge is 0.0998 e. The first-order chi connectivity index (χ1) is 8.72. The maximum absolute atomic E-state index is 3.93. The van der Waals surface area contributed by atoms with Gasteiger partial charge in [-0.05, 0) is 43.9 Å². The third-order valence-corrected chi connectivity index (χ3v) is 2.64. The Morgan fingerprint density at radius 3 is 2.61 bits per heavy atom. The molecule has 1 aromatic rings. The van der Waals surface area contributed by atoms with Gasteiger partial charge in [0.1, 0.15) is 0 Å². The van der Waals surface area contributed by atoms with E-state index in [1.807, 2.05) is 30.3 Å². The van der Waals surface area contributed by atoms with Crippen molar-refractivity contribution >= 4 is 0 Å². The van der Waals surface area contributed by atoms with Crippen LogP contribution >= 0.6 is 0 Å². The highest BCUT2D eigenvalue weighted by Crippen LogP contribution is 2.10. The van der Waals surface area contributed by atoms with Crippen molar-refractivity contribution in [1.82, 2.24) is 0 Å². The topological polar surface area (TPSA) is 0 Å². The highest BCUT2D eigenvalue weighted by molar-refractivity contribution is 5.40. The van der Waals surface area contributed by atoms with Gasteiger partial charge in [0.15, 0.2) is 0 Å². The summed E-state index contributed by atoms with van der Waals surface area (Å²) in [7, 11) is 0. The van der Waals surface area contributed by atoms with E-state index in [9.17, 15) is 0 Å². The van der Waals surface area contributed by atoms with Crippen LogP contribution in [-0.4, -0.2) is 0 Å². The van der Waals surface area contributed by atoms with Gasteiger partial charge in [-0.25, -0.2) is 0 Å². The summed E-state index contributed by atoms with van der Waals surface area (Å²) in [6.45, 7) is 8.20. The van der Waals surface area contributed by atoms with Gasteiger partial charge < -0.3 is 0 Å². The van der Waals surface area contributed by atoms with Gasteiger partial charge in [-0.3, -0.25) is 0 Å². The highest BCUT2D eigenvalue weighted by atomic mass is 14.0. The molecule has 0 bridgehead atoms. The normalized spacial score (nSPS) is 10.7. The van der Waals surface area contributed by atoms with Gasteiger partial charge >= 0.3 is 0 Å². The number of benzene rings is 1. The molecule has 0 aliphatic rings. The monoisotopic (exact) mass is 238 g/mol. The number of hydrogen-bond acceptors (Lipinski definition) is 0. The van der Waals surface area contributed by atoms with Crippen LogP contribution in [-0.2, 0) is 0 Å². The third kappa shape index (κ3) is 6.11. The second kappa shape index (κ2) is 8.37.